The summed E-state index contributed by atoms with van der Waals surface area (Å²) in [6.45, 7) is 7.07. The van der Waals surface area contributed by atoms with Crippen molar-refractivity contribution in [3.63, 3.8) is 0 Å². The third-order valence-corrected chi connectivity index (χ3v) is 2.43. The molecule has 0 heterocycles. The van der Waals surface area contributed by atoms with Crippen molar-refractivity contribution in [2.45, 2.75) is 40.2 Å². The van der Waals surface area contributed by atoms with Gasteiger partial charge in [-0.15, -0.1) is 0 Å². The Hall–Kier alpha value is -0.835. The summed E-state index contributed by atoms with van der Waals surface area (Å²) in [5.74, 6) is 0. The van der Waals surface area contributed by atoms with Gasteiger partial charge in [0, 0.05) is 6.61 Å². The molecule has 0 aliphatic rings. The summed E-state index contributed by atoms with van der Waals surface area (Å²) < 4.78 is 10.3. The van der Waals surface area contributed by atoms with Gasteiger partial charge < -0.3 is 14.3 Å². The van der Waals surface area contributed by atoms with E-state index in [1.165, 1.54) is 11.1 Å². The van der Waals surface area contributed by atoms with Gasteiger partial charge in [-0.1, -0.05) is 42.7 Å². The number of rotatable bonds is 7. The van der Waals surface area contributed by atoms with E-state index in [4.69, 9.17) is 9.31 Å². The van der Waals surface area contributed by atoms with E-state index in [-0.39, 0.29) is 0 Å². The molecule has 0 atom stereocenters. The normalized spacial score (nSPS) is 10.6. The minimum atomic E-state index is -1.12. The van der Waals surface area contributed by atoms with Crippen LogP contribution in [0.2, 0.25) is 0 Å². The topological polar surface area (TPSA) is 38.7 Å². The predicted molar refractivity (Wildman–Crippen MR) is 69.5 cm³/mol. The molecule has 1 N–H and O–H groups in total. The molecule has 0 saturated carbocycles. The zero-order valence-corrected chi connectivity index (χ0v) is 10.9. The standard InChI is InChI=1S/C13H21BO3/c1-4-5-6-16-14(15)17-10-13-8-11(2)7-12(3)9-13/h7-9,15H,4-6,10H2,1-3H3. The fourth-order valence-corrected chi connectivity index (χ4v) is 1.70. The Kier molecular flexibility index (Phi) is 6.26. The van der Waals surface area contributed by atoms with Crippen molar-refractivity contribution in [3.05, 3.63) is 34.9 Å². The van der Waals surface area contributed by atoms with Crippen LogP contribution >= 0.6 is 0 Å². The second-order valence-electron chi connectivity index (χ2n) is 4.34. The lowest BCUT2D eigenvalue weighted by Gasteiger charge is -2.09. The van der Waals surface area contributed by atoms with Crippen LogP contribution in [0.1, 0.15) is 36.5 Å². The molecule has 94 valence electrons. The molecule has 1 rings (SSSR count). The van der Waals surface area contributed by atoms with E-state index in [0.29, 0.717) is 13.2 Å². The monoisotopic (exact) mass is 236 g/mol. The van der Waals surface area contributed by atoms with Gasteiger partial charge in [-0.25, -0.2) is 0 Å². The Morgan fingerprint density at radius 2 is 1.76 bits per heavy atom. The molecular formula is C13H21BO3. The number of hydrogen-bond donors (Lipinski definition) is 1. The third-order valence-electron chi connectivity index (χ3n) is 2.43. The second kappa shape index (κ2) is 7.48. The smallest absolute Gasteiger partial charge is 0.402 e. The molecule has 0 bridgehead atoms. The summed E-state index contributed by atoms with van der Waals surface area (Å²) in [5, 5.41) is 9.43. The van der Waals surface area contributed by atoms with Crippen molar-refractivity contribution in [2.75, 3.05) is 6.61 Å². The van der Waals surface area contributed by atoms with E-state index >= 15 is 0 Å². The van der Waals surface area contributed by atoms with Gasteiger partial charge in [0.05, 0.1) is 6.61 Å². The first-order chi connectivity index (χ1) is 8.11. The summed E-state index contributed by atoms with van der Waals surface area (Å²) in [6, 6.07) is 6.20. The minimum absolute atomic E-state index is 0.371. The van der Waals surface area contributed by atoms with E-state index in [1.54, 1.807) is 0 Å². The maximum Gasteiger partial charge on any atom is 0.636 e. The van der Waals surface area contributed by atoms with E-state index in [1.807, 2.05) is 26.0 Å². The van der Waals surface area contributed by atoms with Crippen LogP contribution in [-0.4, -0.2) is 19.0 Å². The van der Waals surface area contributed by atoms with Crippen LogP contribution in [0.25, 0.3) is 0 Å². The zero-order valence-electron chi connectivity index (χ0n) is 10.9. The van der Waals surface area contributed by atoms with Crippen LogP contribution in [0.5, 0.6) is 0 Å². The molecule has 17 heavy (non-hydrogen) atoms. The molecule has 0 unspecified atom stereocenters. The van der Waals surface area contributed by atoms with Crippen LogP contribution in [0, 0.1) is 13.8 Å². The summed E-state index contributed by atoms with van der Waals surface area (Å²) in [7, 11) is -1.12. The number of benzene rings is 1. The van der Waals surface area contributed by atoms with Gasteiger partial charge in [0.2, 0.25) is 0 Å². The molecule has 0 spiro atoms. The lowest BCUT2D eigenvalue weighted by atomic mass is 10.1. The van der Waals surface area contributed by atoms with Crippen LogP contribution in [0.4, 0.5) is 0 Å². The van der Waals surface area contributed by atoms with Crippen molar-refractivity contribution in [2.24, 2.45) is 0 Å². The molecule has 0 amide bonds. The highest BCUT2D eigenvalue weighted by molar-refractivity contribution is 6.34. The predicted octanol–water partition coefficient (Wildman–Crippen LogP) is 2.61. The fraction of sp³-hybridized carbons (Fsp3) is 0.538. The molecule has 0 fully saturated rings. The molecule has 1 aromatic rings. The van der Waals surface area contributed by atoms with Crippen LogP contribution in [0.3, 0.4) is 0 Å². The van der Waals surface area contributed by atoms with Crippen molar-refractivity contribution >= 4 is 7.32 Å². The van der Waals surface area contributed by atoms with E-state index in [9.17, 15) is 5.02 Å². The molecule has 0 aromatic heterocycles. The average molecular weight is 236 g/mol. The van der Waals surface area contributed by atoms with Crippen molar-refractivity contribution in [1.82, 2.24) is 0 Å². The lowest BCUT2D eigenvalue weighted by molar-refractivity contribution is 0.125. The maximum absolute atomic E-state index is 9.43. The van der Waals surface area contributed by atoms with Crippen LogP contribution in [-0.2, 0) is 15.9 Å². The summed E-state index contributed by atoms with van der Waals surface area (Å²) in [5.41, 5.74) is 3.45. The second-order valence-corrected chi connectivity index (χ2v) is 4.34. The third kappa shape index (κ3) is 5.87. The molecule has 3 nitrogen and oxygen atoms in total. The summed E-state index contributed by atoms with van der Waals surface area (Å²) in [6.07, 6.45) is 1.98. The molecule has 0 aliphatic carbocycles. The van der Waals surface area contributed by atoms with Gasteiger partial charge in [0.25, 0.3) is 0 Å². The van der Waals surface area contributed by atoms with E-state index < -0.39 is 7.32 Å². The first kappa shape index (κ1) is 14.2. The Labute approximate surface area is 104 Å². The van der Waals surface area contributed by atoms with Gasteiger partial charge in [-0.05, 0) is 25.8 Å². The molecular weight excluding hydrogens is 215 g/mol. The van der Waals surface area contributed by atoms with Crippen molar-refractivity contribution in [1.29, 1.82) is 0 Å². The Morgan fingerprint density at radius 1 is 1.12 bits per heavy atom. The summed E-state index contributed by atoms with van der Waals surface area (Å²) in [4.78, 5) is 0. The highest BCUT2D eigenvalue weighted by Crippen LogP contribution is 2.10. The van der Waals surface area contributed by atoms with E-state index in [2.05, 4.69) is 13.0 Å². The minimum Gasteiger partial charge on any atom is -0.402 e. The van der Waals surface area contributed by atoms with Gasteiger partial charge in [-0.3, -0.25) is 0 Å². The van der Waals surface area contributed by atoms with Gasteiger partial charge in [0.15, 0.2) is 0 Å². The molecule has 4 heteroatoms. The van der Waals surface area contributed by atoms with Crippen molar-refractivity contribution < 1.29 is 14.3 Å². The highest BCUT2D eigenvalue weighted by atomic mass is 16.7. The average Bonchev–Trinajstić information content (AvgIpc) is 2.25. The molecule has 0 radical (unpaired) electrons. The Bertz CT molecular complexity index is 321. The van der Waals surface area contributed by atoms with Gasteiger partial charge in [-0.2, -0.15) is 0 Å². The maximum atomic E-state index is 9.43. The first-order valence-corrected chi connectivity index (χ1v) is 6.10. The number of unbranched alkanes of at least 4 members (excludes halogenated alkanes) is 1. The summed E-state index contributed by atoms with van der Waals surface area (Å²) >= 11 is 0. The van der Waals surface area contributed by atoms with Gasteiger partial charge in [0.1, 0.15) is 0 Å². The van der Waals surface area contributed by atoms with Crippen LogP contribution < -0.4 is 0 Å². The number of aryl methyl sites for hydroxylation is 2. The SMILES string of the molecule is CCCCOB(O)OCc1cc(C)cc(C)c1. The van der Waals surface area contributed by atoms with Gasteiger partial charge >= 0.3 is 7.32 Å². The Balaban J connectivity index is 2.34. The molecule has 0 saturated heterocycles. The lowest BCUT2D eigenvalue weighted by Crippen LogP contribution is -2.23. The first-order valence-electron chi connectivity index (χ1n) is 6.10. The molecule has 1 aromatic carbocycles. The number of hydrogen-bond acceptors (Lipinski definition) is 3. The largest absolute Gasteiger partial charge is 0.636 e. The molecule has 0 aliphatic heterocycles. The van der Waals surface area contributed by atoms with Crippen molar-refractivity contribution in [3.8, 4) is 0 Å². The Morgan fingerprint density at radius 3 is 2.35 bits per heavy atom. The van der Waals surface area contributed by atoms with E-state index in [0.717, 1.165) is 18.4 Å². The van der Waals surface area contributed by atoms with Crippen LogP contribution in [0.15, 0.2) is 18.2 Å². The highest BCUT2D eigenvalue weighted by Gasteiger charge is 2.15. The fourth-order valence-electron chi connectivity index (χ4n) is 1.70. The quantitative estimate of drug-likeness (QED) is 0.584. The zero-order chi connectivity index (χ0) is 12.7.